The van der Waals surface area contributed by atoms with Crippen LogP contribution in [0, 0.1) is 11.8 Å². The summed E-state index contributed by atoms with van der Waals surface area (Å²) in [7, 11) is 0. The van der Waals surface area contributed by atoms with E-state index in [1.807, 2.05) is 0 Å². The fraction of sp³-hybridized carbons (Fsp3) is 0.591. The van der Waals surface area contributed by atoms with Crippen molar-refractivity contribution in [1.82, 2.24) is 9.88 Å². The molecule has 3 unspecified atom stereocenters. The van der Waals surface area contributed by atoms with Gasteiger partial charge in [-0.1, -0.05) is 6.92 Å². The second-order valence-corrected chi connectivity index (χ2v) is 9.17. The topological polar surface area (TPSA) is 82.3 Å². The lowest BCUT2D eigenvalue weighted by Crippen LogP contribution is -2.48. The number of aromatic nitrogens is 1. The Kier molecular flexibility index (Phi) is 5.13. The molecule has 4 N–H and O–H groups in total. The van der Waals surface area contributed by atoms with Gasteiger partial charge < -0.3 is 20.7 Å². The third kappa shape index (κ3) is 3.71. The van der Waals surface area contributed by atoms with Crippen LogP contribution in [0.25, 0.3) is 10.9 Å². The number of amides is 1. The lowest BCUT2D eigenvalue weighted by atomic mass is 9.68. The van der Waals surface area contributed by atoms with E-state index in [0.717, 1.165) is 48.8 Å². The number of hydrogen-bond acceptors (Lipinski definition) is 3. The second kappa shape index (κ2) is 7.27. The zero-order valence-corrected chi connectivity index (χ0v) is 17.2. The molecule has 2 aromatic rings. The van der Waals surface area contributed by atoms with E-state index in [-0.39, 0.29) is 12.3 Å². The minimum absolute atomic E-state index is 0.121. The van der Waals surface area contributed by atoms with Gasteiger partial charge in [-0.25, -0.2) is 0 Å². The first-order valence-electron chi connectivity index (χ1n) is 10.4. The van der Waals surface area contributed by atoms with Crippen LogP contribution in [0.2, 0.25) is 0 Å². The quantitative estimate of drug-likeness (QED) is 0.705. The van der Waals surface area contributed by atoms with E-state index in [9.17, 15) is 23.1 Å². The van der Waals surface area contributed by atoms with Gasteiger partial charge in [-0.2, -0.15) is 13.2 Å². The van der Waals surface area contributed by atoms with Gasteiger partial charge in [0.1, 0.15) is 5.60 Å². The van der Waals surface area contributed by atoms with Crippen LogP contribution in [0.15, 0.2) is 18.2 Å². The Labute approximate surface area is 173 Å². The first-order valence-corrected chi connectivity index (χ1v) is 10.4. The molecular formula is C22H28F3N3O2. The number of alkyl halides is 3. The predicted molar refractivity (Wildman–Crippen MR) is 108 cm³/mol. The average Bonchev–Trinajstić information content (AvgIpc) is 3.03. The van der Waals surface area contributed by atoms with E-state index >= 15 is 0 Å². The molecule has 0 spiro atoms. The molecular weight excluding hydrogens is 395 g/mol. The number of nitrogens with two attached hydrogens (primary N) is 1. The van der Waals surface area contributed by atoms with Crippen LogP contribution in [-0.4, -0.2) is 46.1 Å². The van der Waals surface area contributed by atoms with E-state index in [1.54, 1.807) is 0 Å². The third-order valence-corrected chi connectivity index (χ3v) is 7.15. The van der Waals surface area contributed by atoms with Gasteiger partial charge in [0, 0.05) is 29.7 Å². The fourth-order valence-corrected chi connectivity index (χ4v) is 5.23. The molecule has 1 fully saturated rings. The molecule has 0 radical (unpaired) electrons. The van der Waals surface area contributed by atoms with Crippen molar-refractivity contribution in [2.45, 2.75) is 50.8 Å². The molecule has 5 nitrogen and oxygen atoms in total. The summed E-state index contributed by atoms with van der Waals surface area (Å²) in [6, 6.07) is 3.94. The molecule has 1 saturated heterocycles. The van der Waals surface area contributed by atoms with E-state index < -0.39 is 23.2 Å². The average molecular weight is 423 g/mol. The van der Waals surface area contributed by atoms with Crippen molar-refractivity contribution in [3.05, 3.63) is 35.0 Å². The van der Waals surface area contributed by atoms with Crippen molar-refractivity contribution < 1.29 is 23.1 Å². The van der Waals surface area contributed by atoms with Gasteiger partial charge >= 0.3 is 6.18 Å². The van der Waals surface area contributed by atoms with E-state index in [2.05, 4.69) is 16.8 Å². The summed E-state index contributed by atoms with van der Waals surface area (Å²) in [5.74, 6) is 0.177. The Balaban J connectivity index is 1.58. The number of nitrogens with one attached hydrogen (secondary N) is 1. The predicted octanol–water partition coefficient (Wildman–Crippen LogP) is 3.41. The molecule has 1 aliphatic carbocycles. The van der Waals surface area contributed by atoms with Crippen LogP contribution in [0.1, 0.15) is 49.4 Å². The Morgan fingerprint density at radius 3 is 2.77 bits per heavy atom. The molecule has 4 atom stereocenters. The number of likely N-dealkylation sites (tertiary alicyclic amines) is 1. The fourth-order valence-electron chi connectivity index (χ4n) is 5.23. The molecule has 0 saturated carbocycles. The smallest absolute Gasteiger partial charge is 0.380 e. The largest absolute Gasteiger partial charge is 0.416 e. The van der Waals surface area contributed by atoms with Crippen molar-refractivity contribution in [1.29, 1.82) is 0 Å². The summed E-state index contributed by atoms with van der Waals surface area (Å²) in [4.78, 5) is 17.0. The molecule has 1 aliphatic heterocycles. The molecule has 4 rings (SSSR count). The SMILES string of the molecule is C[C@H]1c2c([nH]c3ccc(C(F)(F)F)cc23)CC2CCN(CCC(C)(O)C(N)=O)CC21. The highest BCUT2D eigenvalue weighted by Crippen LogP contribution is 2.46. The van der Waals surface area contributed by atoms with Gasteiger partial charge in [-0.05, 0) is 74.2 Å². The van der Waals surface area contributed by atoms with Crippen LogP contribution < -0.4 is 5.73 Å². The molecule has 2 heterocycles. The maximum atomic E-state index is 13.2. The highest BCUT2D eigenvalue weighted by Gasteiger charge is 2.41. The van der Waals surface area contributed by atoms with Gasteiger partial charge in [0.05, 0.1) is 5.56 Å². The van der Waals surface area contributed by atoms with Crippen LogP contribution >= 0.6 is 0 Å². The Morgan fingerprint density at radius 1 is 1.37 bits per heavy atom. The second-order valence-electron chi connectivity index (χ2n) is 9.17. The molecule has 1 aromatic heterocycles. The van der Waals surface area contributed by atoms with Gasteiger partial charge in [-0.3, -0.25) is 4.79 Å². The van der Waals surface area contributed by atoms with Crippen LogP contribution in [0.5, 0.6) is 0 Å². The Bertz CT molecular complexity index is 966. The maximum absolute atomic E-state index is 13.2. The lowest BCUT2D eigenvalue weighted by molar-refractivity contribution is -0.137. The van der Waals surface area contributed by atoms with Crippen molar-refractivity contribution in [3.8, 4) is 0 Å². The van der Waals surface area contributed by atoms with E-state index in [1.165, 1.54) is 19.1 Å². The summed E-state index contributed by atoms with van der Waals surface area (Å²) in [6.45, 7) is 5.77. The third-order valence-electron chi connectivity index (χ3n) is 7.15. The van der Waals surface area contributed by atoms with Gasteiger partial charge in [-0.15, -0.1) is 0 Å². The van der Waals surface area contributed by atoms with Crippen LogP contribution in [-0.2, 0) is 17.4 Å². The first-order chi connectivity index (χ1) is 14.0. The summed E-state index contributed by atoms with van der Waals surface area (Å²) < 4.78 is 39.7. The molecule has 30 heavy (non-hydrogen) atoms. The number of rotatable bonds is 4. The number of carbonyl (C=O) groups excluding carboxylic acids is 1. The van der Waals surface area contributed by atoms with Crippen LogP contribution in [0.4, 0.5) is 13.2 Å². The number of aliphatic hydroxyl groups is 1. The zero-order chi connectivity index (χ0) is 21.8. The summed E-state index contributed by atoms with van der Waals surface area (Å²) in [5.41, 5.74) is 5.92. The molecule has 1 aromatic carbocycles. The monoisotopic (exact) mass is 423 g/mol. The number of primary amides is 1. The standard InChI is InChI=1S/C22H28F3N3O2/c1-12-16-11-28(8-6-21(2,30)20(26)29)7-5-13(16)9-18-19(12)15-10-14(22(23,24)25)3-4-17(15)27-18/h3-4,10,12-13,16,27,30H,5-9,11H2,1-2H3,(H2,26,29)/t12-,13?,16?,21?/m1/s1. The van der Waals surface area contributed by atoms with Crippen molar-refractivity contribution in [3.63, 3.8) is 0 Å². The maximum Gasteiger partial charge on any atom is 0.416 e. The van der Waals surface area contributed by atoms with Crippen LogP contribution in [0.3, 0.4) is 0 Å². The van der Waals surface area contributed by atoms with Gasteiger partial charge in [0.15, 0.2) is 0 Å². The normalized spacial score (nSPS) is 26.8. The van der Waals surface area contributed by atoms with E-state index in [0.29, 0.717) is 23.8 Å². The number of aromatic amines is 1. The number of benzene rings is 1. The summed E-state index contributed by atoms with van der Waals surface area (Å²) in [5, 5.41) is 10.8. The minimum Gasteiger partial charge on any atom is -0.380 e. The number of fused-ring (bicyclic) bond motifs is 4. The van der Waals surface area contributed by atoms with Crippen molar-refractivity contribution >= 4 is 16.8 Å². The Hall–Kier alpha value is -2.06. The zero-order valence-electron chi connectivity index (χ0n) is 17.2. The number of piperidine rings is 1. The van der Waals surface area contributed by atoms with Crippen molar-refractivity contribution in [2.24, 2.45) is 17.6 Å². The summed E-state index contributed by atoms with van der Waals surface area (Å²) >= 11 is 0. The highest BCUT2D eigenvalue weighted by molar-refractivity contribution is 5.86. The highest BCUT2D eigenvalue weighted by atomic mass is 19.4. The number of carbonyl (C=O) groups is 1. The number of halogens is 3. The summed E-state index contributed by atoms with van der Waals surface area (Å²) in [6.07, 6.45) is -2.28. The molecule has 1 amide bonds. The molecule has 2 aliphatic rings. The lowest BCUT2D eigenvalue weighted by Gasteiger charge is -2.45. The van der Waals surface area contributed by atoms with Gasteiger partial charge in [0.2, 0.25) is 5.91 Å². The van der Waals surface area contributed by atoms with Crippen molar-refractivity contribution in [2.75, 3.05) is 19.6 Å². The molecule has 164 valence electrons. The number of hydrogen-bond donors (Lipinski definition) is 3. The minimum atomic E-state index is -4.36. The molecule has 8 heteroatoms. The van der Waals surface area contributed by atoms with E-state index in [4.69, 9.17) is 5.73 Å². The number of nitrogens with zero attached hydrogens (tertiary/aromatic N) is 1. The molecule has 0 bridgehead atoms. The first kappa shape index (κ1) is 21.2. The Morgan fingerprint density at radius 2 is 2.10 bits per heavy atom. The van der Waals surface area contributed by atoms with Gasteiger partial charge in [0.25, 0.3) is 0 Å². The number of H-pyrrole nitrogens is 1.